The molecular formula is C16H15ClN2O4S. The van der Waals surface area contributed by atoms with Gasteiger partial charge in [-0.25, -0.2) is 0 Å². The molecule has 2 aromatic carbocycles. The number of carbonyl (C=O) groups is 1. The van der Waals surface area contributed by atoms with Gasteiger partial charge in [-0.15, -0.1) is 11.8 Å². The van der Waals surface area contributed by atoms with E-state index >= 15 is 0 Å². The smallest absolute Gasteiger partial charge is 0.269 e. The lowest BCUT2D eigenvalue weighted by Gasteiger charge is -2.08. The van der Waals surface area contributed by atoms with Crippen LogP contribution in [0.15, 0.2) is 53.4 Å². The van der Waals surface area contributed by atoms with Crippen molar-refractivity contribution < 1.29 is 14.5 Å². The zero-order chi connectivity index (χ0) is 17.4. The molecule has 0 aliphatic rings. The lowest BCUT2D eigenvalue weighted by molar-refractivity contribution is -0.384. The third-order valence-corrected chi connectivity index (χ3v) is 4.19. The number of nitro benzene ring substituents is 1. The highest BCUT2D eigenvalue weighted by Gasteiger charge is 2.06. The monoisotopic (exact) mass is 366 g/mol. The Morgan fingerprint density at radius 1 is 1.17 bits per heavy atom. The molecule has 0 aliphatic carbocycles. The summed E-state index contributed by atoms with van der Waals surface area (Å²) in [6.07, 6.45) is 0. The molecule has 24 heavy (non-hydrogen) atoms. The molecule has 2 rings (SSSR count). The Hall–Kier alpha value is -2.25. The van der Waals surface area contributed by atoms with Crippen molar-refractivity contribution in [2.75, 3.05) is 18.9 Å². The minimum atomic E-state index is -0.457. The summed E-state index contributed by atoms with van der Waals surface area (Å²) >= 11 is 7.09. The van der Waals surface area contributed by atoms with Crippen LogP contribution >= 0.6 is 23.4 Å². The average Bonchev–Trinajstić information content (AvgIpc) is 2.59. The number of nitrogens with one attached hydrogen (secondary N) is 1. The zero-order valence-electron chi connectivity index (χ0n) is 12.6. The molecule has 0 unspecified atom stereocenters. The molecule has 2 aromatic rings. The molecule has 0 atom stereocenters. The quantitative estimate of drug-likeness (QED) is 0.334. The van der Waals surface area contributed by atoms with Gasteiger partial charge in [-0.1, -0.05) is 11.6 Å². The van der Waals surface area contributed by atoms with Crippen molar-refractivity contribution >= 4 is 35.0 Å². The van der Waals surface area contributed by atoms with Crippen LogP contribution in [-0.2, 0) is 4.79 Å². The standard InChI is InChI=1S/C16H15ClN2O4S/c17-12-1-5-14(6-2-12)23-10-9-18-16(20)11-24-15-7-3-13(4-8-15)19(21)22/h1-8H,9-11H2,(H,18,20). The van der Waals surface area contributed by atoms with Gasteiger partial charge in [-0.05, 0) is 36.4 Å². The summed E-state index contributed by atoms with van der Waals surface area (Å²) in [4.78, 5) is 22.6. The lowest BCUT2D eigenvalue weighted by Crippen LogP contribution is -2.29. The predicted octanol–water partition coefficient (Wildman–Crippen LogP) is 3.54. The highest BCUT2D eigenvalue weighted by atomic mass is 35.5. The van der Waals surface area contributed by atoms with Crippen LogP contribution in [0.1, 0.15) is 0 Å². The van der Waals surface area contributed by atoms with Crippen LogP contribution in [-0.4, -0.2) is 29.7 Å². The summed E-state index contributed by atoms with van der Waals surface area (Å²) in [6.45, 7) is 0.748. The molecule has 1 N–H and O–H groups in total. The van der Waals surface area contributed by atoms with E-state index in [0.29, 0.717) is 23.9 Å². The van der Waals surface area contributed by atoms with Crippen LogP contribution in [0.2, 0.25) is 5.02 Å². The molecule has 0 saturated carbocycles. The first kappa shape index (κ1) is 18.1. The number of amides is 1. The van der Waals surface area contributed by atoms with Crippen LogP contribution in [0.5, 0.6) is 5.75 Å². The maximum atomic E-state index is 11.7. The topological polar surface area (TPSA) is 81.5 Å². The predicted molar refractivity (Wildman–Crippen MR) is 93.8 cm³/mol. The number of hydrogen-bond donors (Lipinski definition) is 1. The summed E-state index contributed by atoms with van der Waals surface area (Å²) in [7, 11) is 0. The van der Waals surface area contributed by atoms with E-state index in [9.17, 15) is 14.9 Å². The fraction of sp³-hybridized carbons (Fsp3) is 0.188. The number of thioether (sulfide) groups is 1. The molecule has 0 spiro atoms. The summed E-state index contributed by atoms with van der Waals surface area (Å²) in [6, 6.07) is 13.1. The molecule has 0 saturated heterocycles. The minimum absolute atomic E-state index is 0.0307. The Morgan fingerprint density at radius 2 is 1.83 bits per heavy atom. The Kier molecular flexibility index (Phi) is 6.89. The molecule has 0 aromatic heterocycles. The summed E-state index contributed by atoms with van der Waals surface area (Å²) < 4.78 is 5.47. The average molecular weight is 367 g/mol. The number of halogens is 1. The highest BCUT2D eigenvalue weighted by Crippen LogP contribution is 2.21. The van der Waals surface area contributed by atoms with Gasteiger partial charge in [0.25, 0.3) is 5.69 Å². The number of non-ortho nitro benzene ring substituents is 1. The van der Waals surface area contributed by atoms with Gasteiger partial charge in [-0.2, -0.15) is 0 Å². The third-order valence-electron chi connectivity index (χ3n) is 2.92. The molecule has 0 aliphatic heterocycles. The van der Waals surface area contributed by atoms with E-state index in [1.807, 2.05) is 0 Å². The fourth-order valence-corrected chi connectivity index (χ4v) is 2.61. The first-order valence-electron chi connectivity index (χ1n) is 7.07. The second-order valence-corrected chi connectivity index (χ2v) is 6.18. The number of hydrogen-bond acceptors (Lipinski definition) is 5. The number of benzene rings is 2. The zero-order valence-corrected chi connectivity index (χ0v) is 14.2. The fourth-order valence-electron chi connectivity index (χ4n) is 1.75. The summed E-state index contributed by atoms with van der Waals surface area (Å²) in [5.74, 6) is 0.797. The van der Waals surface area contributed by atoms with E-state index in [1.165, 1.54) is 23.9 Å². The van der Waals surface area contributed by atoms with Gasteiger partial charge in [0, 0.05) is 22.1 Å². The van der Waals surface area contributed by atoms with Crippen LogP contribution in [0.4, 0.5) is 5.69 Å². The number of rotatable bonds is 8. The molecule has 8 heteroatoms. The molecule has 0 heterocycles. The van der Waals surface area contributed by atoms with Gasteiger partial charge in [0.2, 0.25) is 5.91 Å². The van der Waals surface area contributed by atoms with E-state index in [0.717, 1.165) is 4.90 Å². The second-order valence-electron chi connectivity index (χ2n) is 4.69. The highest BCUT2D eigenvalue weighted by molar-refractivity contribution is 8.00. The van der Waals surface area contributed by atoms with Crippen molar-refractivity contribution in [3.8, 4) is 5.75 Å². The maximum Gasteiger partial charge on any atom is 0.269 e. The molecule has 1 amide bonds. The lowest BCUT2D eigenvalue weighted by atomic mass is 10.3. The van der Waals surface area contributed by atoms with Crippen molar-refractivity contribution in [3.63, 3.8) is 0 Å². The summed E-state index contributed by atoms with van der Waals surface area (Å²) in [5.41, 5.74) is 0.0307. The van der Waals surface area contributed by atoms with Crippen LogP contribution in [0, 0.1) is 10.1 Å². The Labute approximate surface area is 148 Å². The molecule has 6 nitrogen and oxygen atoms in total. The summed E-state index contributed by atoms with van der Waals surface area (Å²) in [5, 5.41) is 13.9. The van der Waals surface area contributed by atoms with Crippen molar-refractivity contribution in [2.24, 2.45) is 0 Å². The molecule has 0 fully saturated rings. The largest absolute Gasteiger partial charge is 0.492 e. The maximum absolute atomic E-state index is 11.7. The Bertz CT molecular complexity index is 692. The van der Waals surface area contributed by atoms with Crippen LogP contribution in [0.25, 0.3) is 0 Å². The van der Waals surface area contributed by atoms with Gasteiger partial charge in [0.15, 0.2) is 0 Å². The van der Waals surface area contributed by atoms with E-state index < -0.39 is 4.92 Å². The number of ether oxygens (including phenoxy) is 1. The molecular weight excluding hydrogens is 352 g/mol. The van der Waals surface area contributed by atoms with E-state index in [2.05, 4.69) is 5.32 Å². The van der Waals surface area contributed by atoms with E-state index in [-0.39, 0.29) is 17.3 Å². The minimum Gasteiger partial charge on any atom is -0.492 e. The van der Waals surface area contributed by atoms with Crippen LogP contribution < -0.4 is 10.1 Å². The second kappa shape index (κ2) is 9.14. The van der Waals surface area contributed by atoms with Gasteiger partial charge < -0.3 is 10.1 Å². The molecule has 0 bridgehead atoms. The van der Waals surface area contributed by atoms with Crippen molar-refractivity contribution in [3.05, 3.63) is 63.7 Å². The van der Waals surface area contributed by atoms with E-state index in [4.69, 9.17) is 16.3 Å². The number of nitrogens with zero attached hydrogens (tertiary/aromatic N) is 1. The van der Waals surface area contributed by atoms with Gasteiger partial charge in [0.05, 0.1) is 17.2 Å². The molecule has 126 valence electrons. The Morgan fingerprint density at radius 3 is 2.46 bits per heavy atom. The van der Waals surface area contributed by atoms with Gasteiger partial charge in [0.1, 0.15) is 12.4 Å². The Balaban J connectivity index is 1.64. The normalized spacial score (nSPS) is 10.2. The van der Waals surface area contributed by atoms with E-state index in [1.54, 1.807) is 36.4 Å². The van der Waals surface area contributed by atoms with Crippen molar-refractivity contribution in [2.45, 2.75) is 4.90 Å². The SMILES string of the molecule is O=C(CSc1ccc([N+](=O)[O-])cc1)NCCOc1ccc(Cl)cc1. The van der Waals surface area contributed by atoms with Crippen molar-refractivity contribution in [1.29, 1.82) is 0 Å². The van der Waals surface area contributed by atoms with Gasteiger partial charge in [-0.3, -0.25) is 14.9 Å². The van der Waals surface area contributed by atoms with Crippen molar-refractivity contribution in [1.82, 2.24) is 5.32 Å². The third kappa shape index (κ3) is 6.10. The molecule has 0 radical (unpaired) electrons. The first-order valence-corrected chi connectivity index (χ1v) is 8.43. The van der Waals surface area contributed by atoms with Gasteiger partial charge >= 0.3 is 0 Å². The van der Waals surface area contributed by atoms with Crippen LogP contribution in [0.3, 0.4) is 0 Å². The number of nitro groups is 1. The first-order chi connectivity index (χ1) is 11.5. The number of carbonyl (C=O) groups excluding carboxylic acids is 1.